The first-order valence-corrected chi connectivity index (χ1v) is 8.75. The van der Waals surface area contributed by atoms with E-state index in [4.69, 9.17) is 4.74 Å². The molecule has 0 bridgehead atoms. The third kappa shape index (κ3) is 2.37. The molecule has 28 heavy (non-hydrogen) atoms. The SMILES string of the molecule is O=C(Oc1ccc2[nH]c3c(c2c1)C(=O)c1ccccc1C3=O)c1ccccc1. The summed E-state index contributed by atoms with van der Waals surface area (Å²) in [6, 6.07) is 20.4. The molecular weight excluding hydrogens is 354 g/mol. The van der Waals surface area contributed by atoms with Gasteiger partial charge in [0, 0.05) is 22.0 Å². The molecule has 0 unspecified atom stereocenters. The normalized spacial score (nSPS) is 12.6. The molecule has 5 rings (SSSR count). The highest BCUT2D eigenvalue weighted by atomic mass is 16.5. The molecule has 1 aliphatic carbocycles. The van der Waals surface area contributed by atoms with Gasteiger partial charge in [-0.15, -0.1) is 0 Å². The van der Waals surface area contributed by atoms with Crippen LogP contribution in [-0.2, 0) is 0 Å². The van der Waals surface area contributed by atoms with Gasteiger partial charge in [0.05, 0.1) is 16.8 Å². The number of aromatic amines is 1. The molecule has 0 radical (unpaired) electrons. The molecule has 134 valence electrons. The second kappa shape index (κ2) is 6.03. The summed E-state index contributed by atoms with van der Waals surface area (Å²) in [5, 5.41) is 0.557. The quantitative estimate of drug-likeness (QED) is 0.375. The molecule has 1 aromatic heterocycles. The average molecular weight is 367 g/mol. The largest absolute Gasteiger partial charge is 0.423 e. The van der Waals surface area contributed by atoms with Gasteiger partial charge in [0.15, 0.2) is 5.78 Å². The number of fused-ring (bicyclic) bond motifs is 4. The number of H-pyrrole nitrogens is 1. The van der Waals surface area contributed by atoms with E-state index in [1.165, 1.54) is 0 Å². The Kier molecular flexibility index (Phi) is 3.49. The van der Waals surface area contributed by atoms with Gasteiger partial charge in [-0.05, 0) is 30.3 Å². The number of ketones is 2. The van der Waals surface area contributed by atoms with E-state index in [2.05, 4.69) is 4.98 Å². The molecule has 0 saturated heterocycles. The highest BCUT2D eigenvalue weighted by Crippen LogP contribution is 2.34. The fourth-order valence-corrected chi connectivity index (χ4v) is 3.53. The third-order valence-electron chi connectivity index (χ3n) is 4.86. The first-order valence-electron chi connectivity index (χ1n) is 8.75. The van der Waals surface area contributed by atoms with Gasteiger partial charge < -0.3 is 9.72 Å². The van der Waals surface area contributed by atoms with E-state index in [-0.39, 0.29) is 17.3 Å². The standard InChI is InChI=1S/C23H13NO4/c25-21-15-8-4-5-9-16(15)22(26)20-19(21)17-12-14(10-11-18(17)24-20)28-23(27)13-6-2-1-3-7-13/h1-12,24H. The van der Waals surface area contributed by atoms with Crippen LogP contribution in [0.1, 0.15) is 42.3 Å². The Morgan fingerprint density at radius 2 is 1.46 bits per heavy atom. The van der Waals surface area contributed by atoms with Gasteiger partial charge in [0.2, 0.25) is 5.78 Å². The van der Waals surface area contributed by atoms with Crippen molar-refractivity contribution in [2.24, 2.45) is 0 Å². The van der Waals surface area contributed by atoms with Crippen LogP contribution in [0.2, 0.25) is 0 Å². The Balaban J connectivity index is 1.59. The lowest BCUT2D eigenvalue weighted by molar-refractivity contribution is 0.0734. The molecule has 0 aliphatic heterocycles. The summed E-state index contributed by atoms with van der Waals surface area (Å²) in [5.74, 6) is -0.619. The summed E-state index contributed by atoms with van der Waals surface area (Å²) >= 11 is 0. The van der Waals surface area contributed by atoms with Crippen molar-refractivity contribution in [3.05, 3.63) is 101 Å². The van der Waals surface area contributed by atoms with Crippen LogP contribution in [0.5, 0.6) is 5.75 Å². The molecule has 0 fully saturated rings. The van der Waals surface area contributed by atoms with Gasteiger partial charge in [-0.1, -0.05) is 42.5 Å². The molecule has 0 amide bonds. The van der Waals surface area contributed by atoms with Gasteiger partial charge in [-0.2, -0.15) is 0 Å². The molecule has 0 saturated carbocycles. The van der Waals surface area contributed by atoms with Gasteiger partial charge in [0.1, 0.15) is 5.75 Å². The van der Waals surface area contributed by atoms with E-state index >= 15 is 0 Å². The number of aromatic nitrogens is 1. The van der Waals surface area contributed by atoms with Crippen molar-refractivity contribution in [3.8, 4) is 5.75 Å². The molecule has 1 N–H and O–H groups in total. The predicted molar refractivity (Wildman–Crippen MR) is 103 cm³/mol. The molecule has 1 heterocycles. The molecule has 5 heteroatoms. The lowest BCUT2D eigenvalue weighted by atomic mass is 9.87. The summed E-state index contributed by atoms with van der Waals surface area (Å²) in [6.07, 6.45) is 0. The van der Waals surface area contributed by atoms with Crippen LogP contribution in [0.3, 0.4) is 0 Å². The molecule has 1 aliphatic rings. The highest BCUT2D eigenvalue weighted by Gasteiger charge is 2.33. The zero-order valence-corrected chi connectivity index (χ0v) is 14.6. The number of benzene rings is 3. The minimum absolute atomic E-state index is 0.218. The maximum absolute atomic E-state index is 13.0. The lowest BCUT2D eigenvalue weighted by Gasteiger charge is -2.14. The molecule has 0 spiro atoms. The monoisotopic (exact) mass is 367 g/mol. The van der Waals surface area contributed by atoms with E-state index in [1.54, 1.807) is 66.7 Å². The number of hydrogen-bond acceptors (Lipinski definition) is 4. The van der Waals surface area contributed by atoms with Crippen LogP contribution in [0.4, 0.5) is 0 Å². The minimum atomic E-state index is -0.489. The molecule has 4 aromatic rings. The van der Waals surface area contributed by atoms with Crippen LogP contribution in [-0.4, -0.2) is 22.5 Å². The molecular formula is C23H13NO4. The molecule has 0 atom stereocenters. The summed E-state index contributed by atoms with van der Waals surface area (Å²) in [4.78, 5) is 41.2. The lowest BCUT2D eigenvalue weighted by Crippen LogP contribution is -2.20. The highest BCUT2D eigenvalue weighted by molar-refractivity contribution is 6.32. The Hall–Kier alpha value is -3.99. The number of esters is 1. The second-order valence-corrected chi connectivity index (χ2v) is 6.54. The maximum atomic E-state index is 13.0. The van der Waals surface area contributed by atoms with Gasteiger partial charge in [-0.3, -0.25) is 9.59 Å². The number of rotatable bonds is 2. The van der Waals surface area contributed by atoms with Crippen LogP contribution in [0.15, 0.2) is 72.8 Å². The van der Waals surface area contributed by atoms with Crippen molar-refractivity contribution in [1.29, 1.82) is 0 Å². The van der Waals surface area contributed by atoms with Crippen molar-refractivity contribution >= 4 is 28.4 Å². The summed E-state index contributed by atoms with van der Waals surface area (Å²) in [7, 11) is 0. The van der Waals surface area contributed by atoms with E-state index in [9.17, 15) is 14.4 Å². The van der Waals surface area contributed by atoms with Gasteiger partial charge >= 0.3 is 5.97 Å². The first-order chi connectivity index (χ1) is 13.6. The molecule has 3 aromatic carbocycles. The predicted octanol–water partition coefficient (Wildman–Crippen LogP) is 4.16. The Morgan fingerprint density at radius 1 is 0.786 bits per heavy atom. The van der Waals surface area contributed by atoms with Crippen molar-refractivity contribution in [2.45, 2.75) is 0 Å². The molecule has 5 nitrogen and oxygen atoms in total. The number of ether oxygens (including phenoxy) is 1. The van der Waals surface area contributed by atoms with Gasteiger partial charge in [-0.25, -0.2) is 4.79 Å². The number of carbonyl (C=O) groups is 3. The van der Waals surface area contributed by atoms with Crippen LogP contribution in [0.25, 0.3) is 10.9 Å². The summed E-state index contributed by atoms with van der Waals surface area (Å²) < 4.78 is 5.45. The number of carbonyl (C=O) groups excluding carboxylic acids is 3. The van der Waals surface area contributed by atoms with Crippen LogP contribution < -0.4 is 4.74 Å². The summed E-state index contributed by atoms with van der Waals surface area (Å²) in [6.45, 7) is 0. The van der Waals surface area contributed by atoms with Crippen LogP contribution in [0, 0.1) is 0 Å². The van der Waals surface area contributed by atoms with Crippen molar-refractivity contribution in [3.63, 3.8) is 0 Å². The Labute approximate surface area is 159 Å². The third-order valence-corrected chi connectivity index (χ3v) is 4.86. The van der Waals surface area contributed by atoms with Crippen molar-refractivity contribution in [2.75, 3.05) is 0 Å². The zero-order chi connectivity index (χ0) is 19.3. The smallest absolute Gasteiger partial charge is 0.343 e. The number of hydrogen-bond donors (Lipinski definition) is 1. The minimum Gasteiger partial charge on any atom is -0.423 e. The number of nitrogens with one attached hydrogen (secondary N) is 1. The fourth-order valence-electron chi connectivity index (χ4n) is 3.53. The van der Waals surface area contributed by atoms with Gasteiger partial charge in [0.25, 0.3) is 0 Å². The first kappa shape index (κ1) is 16.2. The van der Waals surface area contributed by atoms with E-state index in [1.807, 2.05) is 6.07 Å². The Morgan fingerprint density at radius 3 is 2.21 bits per heavy atom. The Bertz CT molecular complexity index is 1280. The maximum Gasteiger partial charge on any atom is 0.343 e. The van der Waals surface area contributed by atoms with E-state index < -0.39 is 5.97 Å². The van der Waals surface area contributed by atoms with Crippen molar-refractivity contribution in [1.82, 2.24) is 4.98 Å². The summed E-state index contributed by atoms with van der Waals surface area (Å²) in [5.41, 5.74) is 2.43. The van der Waals surface area contributed by atoms with Crippen molar-refractivity contribution < 1.29 is 19.1 Å². The van der Waals surface area contributed by atoms with E-state index in [0.717, 1.165) is 0 Å². The second-order valence-electron chi connectivity index (χ2n) is 6.54. The zero-order valence-electron chi connectivity index (χ0n) is 14.6. The topological polar surface area (TPSA) is 76.2 Å². The fraction of sp³-hybridized carbons (Fsp3) is 0. The average Bonchev–Trinajstić information content (AvgIpc) is 3.12. The van der Waals surface area contributed by atoms with Crippen LogP contribution >= 0.6 is 0 Å². The van der Waals surface area contributed by atoms with E-state index in [0.29, 0.717) is 38.9 Å².